The summed E-state index contributed by atoms with van der Waals surface area (Å²) in [5.41, 5.74) is 5.34. The van der Waals surface area contributed by atoms with Gasteiger partial charge in [0.1, 0.15) is 0 Å². The number of halogens is 3. The molecule has 0 saturated heterocycles. The molecule has 2 N–H and O–H groups in total. The molecule has 5 heteroatoms. The van der Waals surface area contributed by atoms with Crippen molar-refractivity contribution in [3.63, 3.8) is 0 Å². The standard InChI is InChI=1S/C10H9F3N2/c11-10(12,13)8-4-3-7(2-1-5-14)9(15)6-8/h3-4,6H,1-2,15H2. The summed E-state index contributed by atoms with van der Waals surface area (Å²) in [6, 6.07) is 5.10. The van der Waals surface area contributed by atoms with Crippen molar-refractivity contribution in [1.29, 1.82) is 5.26 Å². The van der Waals surface area contributed by atoms with E-state index < -0.39 is 11.7 Å². The zero-order chi connectivity index (χ0) is 11.5. The van der Waals surface area contributed by atoms with Crippen LogP contribution in [0.15, 0.2) is 18.2 Å². The molecule has 0 fully saturated rings. The minimum atomic E-state index is -4.37. The summed E-state index contributed by atoms with van der Waals surface area (Å²) in [4.78, 5) is 0. The van der Waals surface area contributed by atoms with Crippen molar-refractivity contribution in [3.8, 4) is 6.07 Å². The Bertz CT molecular complexity index is 391. The first kappa shape index (κ1) is 11.4. The van der Waals surface area contributed by atoms with Crippen LogP contribution >= 0.6 is 0 Å². The van der Waals surface area contributed by atoms with Crippen molar-refractivity contribution in [2.75, 3.05) is 5.73 Å². The van der Waals surface area contributed by atoms with Gasteiger partial charge in [-0.2, -0.15) is 18.4 Å². The van der Waals surface area contributed by atoms with Crippen LogP contribution in [-0.2, 0) is 12.6 Å². The maximum absolute atomic E-state index is 12.2. The molecule has 0 bridgehead atoms. The Morgan fingerprint density at radius 1 is 1.33 bits per heavy atom. The molecule has 15 heavy (non-hydrogen) atoms. The highest BCUT2D eigenvalue weighted by atomic mass is 19.4. The number of alkyl halides is 3. The molecule has 80 valence electrons. The molecule has 0 aromatic heterocycles. The van der Waals surface area contributed by atoms with E-state index in [1.54, 1.807) is 0 Å². The van der Waals surface area contributed by atoms with Gasteiger partial charge in [0.2, 0.25) is 0 Å². The molecule has 0 aliphatic rings. The average molecular weight is 214 g/mol. The maximum Gasteiger partial charge on any atom is 0.416 e. The van der Waals surface area contributed by atoms with Gasteiger partial charge in [0.25, 0.3) is 0 Å². The van der Waals surface area contributed by atoms with Gasteiger partial charge >= 0.3 is 6.18 Å². The number of anilines is 1. The summed E-state index contributed by atoms with van der Waals surface area (Å²) in [7, 11) is 0. The molecular weight excluding hydrogens is 205 g/mol. The van der Waals surface area contributed by atoms with Crippen LogP contribution in [0.5, 0.6) is 0 Å². The van der Waals surface area contributed by atoms with Crippen LogP contribution in [0.25, 0.3) is 0 Å². The van der Waals surface area contributed by atoms with Crippen molar-refractivity contribution in [1.82, 2.24) is 0 Å². The smallest absolute Gasteiger partial charge is 0.398 e. The molecule has 0 atom stereocenters. The van der Waals surface area contributed by atoms with Crippen molar-refractivity contribution >= 4 is 5.69 Å². The Hall–Kier alpha value is -1.70. The van der Waals surface area contributed by atoms with Crippen molar-refractivity contribution in [3.05, 3.63) is 29.3 Å². The zero-order valence-electron chi connectivity index (χ0n) is 7.80. The normalized spacial score (nSPS) is 11.1. The van der Waals surface area contributed by atoms with E-state index in [-0.39, 0.29) is 12.1 Å². The molecule has 0 aliphatic carbocycles. The molecule has 0 saturated carbocycles. The van der Waals surface area contributed by atoms with Gasteiger partial charge in [0.05, 0.1) is 11.6 Å². The molecular formula is C10H9F3N2. The Morgan fingerprint density at radius 2 is 2.00 bits per heavy atom. The fourth-order valence-corrected chi connectivity index (χ4v) is 1.19. The molecule has 1 aromatic rings. The Labute approximate surface area is 85.1 Å². The molecule has 2 nitrogen and oxygen atoms in total. The molecule has 1 rings (SSSR count). The van der Waals surface area contributed by atoms with Crippen molar-refractivity contribution in [2.45, 2.75) is 19.0 Å². The number of hydrogen-bond donors (Lipinski definition) is 1. The topological polar surface area (TPSA) is 49.8 Å². The molecule has 1 aromatic carbocycles. The molecule has 0 amide bonds. The number of nitrogens with two attached hydrogens (primary N) is 1. The second-order valence-electron chi connectivity index (χ2n) is 3.07. The van der Waals surface area contributed by atoms with E-state index in [1.807, 2.05) is 6.07 Å². The van der Waals surface area contributed by atoms with Crippen LogP contribution in [0.2, 0.25) is 0 Å². The Kier molecular flexibility index (Phi) is 3.20. The number of nitriles is 1. The minimum absolute atomic E-state index is 0.0834. The molecule has 0 unspecified atom stereocenters. The van der Waals surface area contributed by atoms with Gasteiger partial charge in [-0.3, -0.25) is 0 Å². The molecule has 0 aliphatic heterocycles. The summed E-state index contributed by atoms with van der Waals surface area (Å²) in [5.74, 6) is 0. The Morgan fingerprint density at radius 3 is 2.47 bits per heavy atom. The molecule has 0 heterocycles. The van der Waals surface area contributed by atoms with Gasteiger partial charge in [-0.25, -0.2) is 0 Å². The Balaban J connectivity index is 2.94. The maximum atomic E-state index is 12.2. The van der Waals surface area contributed by atoms with Crippen molar-refractivity contribution < 1.29 is 13.2 Å². The van der Waals surface area contributed by atoms with E-state index in [4.69, 9.17) is 11.0 Å². The first-order valence-electron chi connectivity index (χ1n) is 4.27. The van der Waals surface area contributed by atoms with Gasteiger partial charge in [0, 0.05) is 12.1 Å². The summed E-state index contributed by atoms with van der Waals surface area (Å²) in [6.45, 7) is 0. The van der Waals surface area contributed by atoms with Gasteiger partial charge in [-0.1, -0.05) is 6.07 Å². The largest absolute Gasteiger partial charge is 0.416 e. The SMILES string of the molecule is N#CCCc1ccc(C(F)(F)F)cc1N. The number of benzene rings is 1. The van der Waals surface area contributed by atoms with Crippen molar-refractivity contribution in [2.24, 2.45) is 0 Å². The number of nitrogen functional groups attached to an aromatic ring is 1. The first-order valence-corrected chi connectivity index (χ1v) is 4.27. The van der Waals surface area contributed by atoms with Gasteiger partial charge in [0.15, 0.2) is 0 Å². The summed E-state index contributed by atoms with van der Waals surface area (Å²) < 4.78 is 36.7. The molecule has 0 spiro atoms. The van der Waals surface area contributed by atoms with E-state index >= 15 is 0 Å². The van der Waals surface area contributed by atoms with E-state index in [2.05, 4.69) is 0 Å². The third-order valence-corrected chi connectivity index (χ3v) is 1.98. The molecule has 0 radical (unpaired) electrons. The second-order valence-corrected chi connectivity index (χ2v) is 3.07. The summed E-state index contributed by atoms with van der Waals surface area (Å²) in [5, 5.41) is 8.33. The number of rotatable bonds is 2. The van der Waals surface area contributed by atoms with Gasteiger partial charge in [-0.05, 0) is 24.1 Å². The minimum Gasteiger partial charge on any atom is -0.398 e. The second kappa shape index (κ2) is 4.22. The van der Waals surface area contributed by atoms with Gasteiger partial charge < -0.3 is 5.73 Å². The van der Waals surface area contributed by atoms with Gasteiger partial charge in [-0.15, -0.1) is 0 Å². The summed E-state index contributed by atoms with van der Waals surface area (Å²) in [6.07, 6.45) is -3.75. The quantitative estimate of drug-likeness (QED) is 0.769. The zero-order valence-corrected chi connectivity index (χ0v) is 7.80. The highest BCUT2D eigenvalue weighted by Gasteiger charge is 2.30. The predicted octanol–water partition coefficient (Wildman–Crippen LogP) is 2.74. The third-order valence-electron chi connectivity index (χ3n) is 1.98. The lowest BCUT2D eigenvalue weighted by atomic mass is 10.1. The first-order chi connectivity index (χ1) is 6.95. The lowest BCUT2D eigenvalue weighted by Crippen LogP contribution is -2.06. The third kappa shape index (κ3) is 2.88. The van der Waals surface area contributed by atoms with Crippen LogP contribution in [0.3, 0.4) is 0 Å². The van der Waals surface area contributed by atoms with Crippen LogP contribution in [0.4, 0.5) is 18.9 Å². The average Bonchev–Trinajstić information content (AvgIpc) is 2.14. The predicted molar refractivity (Wildman–Crippen MR) is 49.8 cm³/mol. The van der Waals surface area contributed by atoms with Crippen LogP contribution in [0.1, 0.15) is 17.5 Å². The number of hydrogen-bond acceptors (Lipinski definition) is 2. The summed E-state index contributed by atoms with van der Waals surface area (Å²) >= 11 is 0. The highest BCUT2D eigenvalue weighted by molar-refractivity contribution is 5.50. The number of aryl methyl sites for hydroxylation is 1. The van der Waals surface area contributed by atoms with Crippen LogP contribution in [-0.4, -0.2) is 0 Å². The highest BCUT2D eigenvalue weighted by Crippen LogP contribution is 2.31. The van der Waals surface area contributed by atoms with E-state index in [0.717, 1.165) is 12.1 Å². The lowest BCUT2D eigenvalue weighted by Gasteiger charge is -2.09. The van der Waals surface area contributed by atoms with E-state index in [9.17, 15) is 13.2 Å². The van der Waals surface area contributed by atoms with Crippen LogP contribution in [0, 0.1) is 11.3 Å². The van der Waals surface area contributed by atoms with E-state index in [1.165, 1.54) is 6.07 Å². The monoisotopic (exact) mass is 214 g/mol. The fraction of sp³-hybridized carbons (Fsp3) is 0.300. The fourth-order valence-electron chi connectivity index (χ4n) is 1.19. The van der Waals surface area contributed by atoms with E-state index in [0.29, 0.717) is 12.0 Å². The number of nitrogens with zero attached hydrogens (tertiary/aromatic N) is 1. The van der Waals surface area contributed by atoms with Crippen LogP contribution < -0.4 is 5.73 Å². The lowest BCUT2D eigenvalue weighted by molar-refractivity contribution is -0.137.